The minimum Gasteiger partial charge on any atom is -0.465 e. The van der Waals surface area contributed by atoms with Gasteiger partial charge >= 0.3 is 5.97 Å². The molecule has 0 atom stereocenters. The molecule has 0 spiro atoms. The number of pyridine rings is 1. The molecule has 0 saturated carbocycles. The summed E-state index contributed by atoms with van der Waals surface area (Å²) in [5, 5.41) is 6.68. The highest BCUT2D eigenvalue weighted by atomic mass is 32.1. The van der Waals surface area contributed by atoms with E-state index in [4.69, 9.17) is 12.2 Å². The van der Waals surface area contributed by atoms with Crippen LogP contribution in [0, 0.1) is 0 Å². The smallest absolute Gasteiger partial charge is 0.337 e. The average molecular weight is 302 g/mol. The third-order valence-electron chi connectivity index (χ3n) is 2.79. The Hall–Kier alpha value is -2.47. The number of ether oxygens (including phenoxy) is 1. The summed E-state index contributed by atoms with van der Waals surface area (Å²) in [4.78, 5) is 14.3. The van der Waals surface area contributed by atoms with Gasteiger partial charge in [0.2, 0.25) is 0 Å². The fourth-order valence-electron chi connectivity index (χ4n) is 1.71. The Bertz CT molecular complexity index is 615. The van der Waals surface area contributed by atoms with Crippen molar-refractivity contribution in [1.29, 1.82) is 0 Å². The molecule has 108 valence electrons. The van der Waals surface area contributed by atoms with Crippen LogP contribution < -0.4 is 15.6 Å². The first-order valence-corrected chi connectivity index (χ1v) is 6.78. The van der Waals surface area contributed by atoms with Crippen molar-refractivity contribution in [3.05, 3.63) is 59.9 Å². The van der Waals surface area contributed by atoms with Crippen molar-refractivity contribution < 1.29 is 14.5 Å². The predicted octanol–water partition coefficient (Wildman–Crippen LogP) is 1.77. The van der Waals surface area contributed by atoms with Crippen LogP contribution in [0.5, 0.6) is 0 Å². The Balaban J connectivity index is 1.86. The van der Waals surface area contributed by atoms with Gasteiger partial charge < -0.3 is 15.4 Å². The topological polar surface area (TPSA) is 64.5 Å². The van der Waals surface area contributed by atoms with Gasteiger partial charge in [-0.3, -0.25) is 0 Å². The van der Waals surface area contributed by atoms with Gasteiger partial charge in [-0.2, -0.15) is 0 Å². The summed E-state index contributed by atoms with van der Waals surface area (Å²) in [6, 6.07) is 10.8. The molecule has 0 radical (unpaired) electrons. The number of hydrogen-bond donors (Lipinski definition) is 2. The fourth-order valence-corrected chi connectivity index (χ4v) is 1.90. The first-order chi connectivity index (χ1) is 10.2. The van der Waals surface area contributed by atoms with E-state index in [1.807, 2.05) is 24.5 Å². The Labute approximate surface area is 128 Å². The van der Waals surface area contributed by atoms with E-state index in [9.17, 15) is 4.79 Å². The maximum absolute atomic E-state index is 11.3. The van der Waals surface area contributed by atoms with Gasteiger partial charge in [0.1, 0.15) is 0 Å². The van der Waals surface area contributed by atoms with Crippen molar-refractivity contribution in [2.24, 2.45) is 0 Å². The van der Waals surface area contributed by atoms with Crippen LogP contribution in [0.1, 0.15) is 15.9 Å². The maximum Gasteiger partial charge on any atom is 0.337 e. The number of rotatable bonds is 4. The van der Waals surface area contributed by atoms with Crippen molar-refractivity contribution in [1.82, 2.24) is 5.32 Å². The molecule has 1 aromatic heterocycles. The number of aromatic amines is 1. The Morgan fingerprint density at radius 3 is 2.67 bits per heavy atom. The molecular weight excluding hydrogens is 286 g/mol. The van der Waals surface area contributed by atoms with Gasteiger partial charge in [-0.05, 0) is 42.5 Å². The molecule has 0 aliphatic carbocycles. The zero-order chi connectivity index (χ0) is 15.1. The van der Waals surface area contributed by atoms with Crippen molar-refractivity contribution in [2.75, 3.05) is 12.4 Å². The molecule has 1 heterocycles. The lowest BCUT2D eigenvalue weighted by molar-refractivity contribution is -0.378. The summed E-state index contributed by atoms with van der Waals surface area (Å²) in [7, 11) is 1.36. The standard InChI is InChI=1S/C15H15N3O2S/c1-20-14(19)12-4-6-13(7-5-12)18-15(21)17-10-11-3-2-8-16-9-11/h2-9H,10H2,1H3,(H2,17,18,21)/p+1. The van der Waals surface area contributed by atoms with E-state index in [0.29, 0.717) is 17.2 Å². The minimum absolute atomic E-state index is 0.359. The third kappa shape index (κ3) is 4.54. The van der Waals surface area contributed by atoms with Crippen LogP contribution >= 0.6 is 12.2 Å². The highest BCUT2D eigenvalue weighted by Gasteiger charge is 2.05. The molecule has 5 nitrogen and oxygen atoms in total. The summed E-state index contributed by atoms with van der Waals surface area (Å²) < 4.78 is 4.64. The maximum atomic E-state index is 11.3. The molecule has 2 aromatic rings. The Morgan fingerprint density at radius 2 is 2.05 bits per heavy atom. The number of hydrogen-bond acceptors (Lipinski definition) is 3. The van der Waals surface area contributed by atoms with E-state index in [0.717, 1.165) is 11.3 Å². The van der Waals surface area contributed by atoms with Crippen LogP contribution in [0.3, 0.4) is 0 Å². The van der Waals surface area contributed by atoms with Crippen LogP contribution in [-0.2, 0) is 11.3 Å². The number of aromatic nitrogens is 1. The molecule has 0 saturated heterocycles. The van der Waals surface area contributed by atoms with Crippen molar-refractivity contribution in [3.8, 4) is 0 Å². The van der Waals surface area contributed by atoms with Gasteiger partial charge in [0, 0.05) is 23.9 Å². The monoisotopic (exact) mass is 302 g/mol. The number of benzene rings is 1. The number of esters is 1. The molecule has 2 rings (SSSR count). The fraction of sp³-hybridized carbons (Fsp3) is 0.133. The second-order valence-electron chi connectivity index (χ2n) is 4.29. The van der Waals surface area contributed by atoms with Crippen LogP contribution in [0.15, 0.2) is 48.8 Å². The quantitative estimate of drug-likeness (QED) is 0.666. The molecule has 0 unspecified atom stereocenters. The van der Waals surface area contributed by atoms with E-state index in [2.05, 4.69) is 20.4 Å². The van der Waals surface area contributed by atoms with E-state index < -0.39 is 0 Å². The number of carbonyl (C=O) groups is 1. The molecule has 1 aromatic carbocycles. The predicted molar refractivity (Wildman–Crippen MR) is 83.8 cm³/mol. The molecular formula is C15H16N3O2S+. The molecule has 0 bridgehead atoms. The normalized spacial score (nSPS) is 9.76. The van der Waals surface area contributed by atoms with Gasteiger partial charge in [-0.15, -0.1) is 0 Å². The van der Waals surface area contributed by atoms with Crippen LogP contribution in [0.4, 0.5) is 5.69 Å². The summed E-state index contributed by atoms with van der Waals surface area (Å²) >= 11 is 5.22. The minimum atomic E-state index is -0.359. The first-order valence-electron chi connectivity index (χ1n) is 6.37. The van der Waals surface area contributed by atoms with Gasteiger partial charge in [-0.25, -0.2) is 9.78 Å². The highest BCUT2D eigenvalue weighted by Crippen LogP contribution is 2.10. The molecule has 6 heteroatoms. The lowest BCUT2D eigenvalue weighted by Gasteiger charge is -2.10. The van der Waals surface area contributed by atoms with Crippen molar-refractivity contribution in [2.45, 2.75) is 6.54 Å². The van der Waals surface area contributed by atoms with Gasteiger partial charge in [0.25, 0.3) is 0 Å². The van der Waals surface area contributed by atoms with E-state index in [1.165, 1.54) is 7.11 Å². The summed E-state index contributed by atoms with van der Waals surface area (Å²) in [5.74, 6) is -0.359. The van der Waals surface area contributed by atoms with Crippen LogP contribution in [0.2, 0.25) is 0 Å². The van der Waals surface area contributed by atoms with Gasteiger partial charge in [0.05, 0.1) is 12.7 Å². The number of thiocarbonyl (C=S) groups is 1. The van der Waals surface area contributed by atoms with Crippen molar-refractivity contribution in [3.63, 3.8) is 0 Å². The summed E-state index contributed by atoms with van der Waals surface area (Å²) in [6.45, 7) is 0.628. The largest absolute Gasteiger partial charge is 0.465 e. The molecule has 21 heavy (non-hydrogen) atoms. The van der Waals surface area contributed by atoms with E-state index >= 15 is 0 Å². The Morgan fingerprint density at radius 1 is 1.29 bits per heavy atom. The lowest BCUT2D eigenvalue weighted by atomic mass is 10.2. The van der Waals surface area contributed by atoms with Crippen molar-refractivity contribution >= 4 is 29.0 Å². The third-order valence-corrected chi connectivity index (χ3v) is 3.03. The average Bonchev–Trinajstić information content (AvgIpc) is 2.54. The first kappa shape index (κ1) is 14.9. The number of anilines is 1. The molecule has 0 aliphatic heterocycles. The second-order valence-corrected chi connectivity index (χ2v) is 4.70. The zero-order valence-electron chi connectivity index (χ0n) is 11.6. The van der Waals surface area contributed by atoms with Crippen LogP contribution in [-0.4, -0.2) is 18.2 Å². The van der Waals surface area contributed by atoms with E-state index in [-0.39, 0.29) is 5.97 Å². The van der Waals surface area contributed by atoms with E-state index in [1.54, 1.807) is 24.3 Å². The Kier molecular flexibility index (Phi) is 5.22. The molecule has 0 amide bonds. The highest BCUT2D eigenvalue weighted by molar-refractivity contribution is 7.80. The number of methoxy groups -OCH3 is 1. The second kappa shape index (κ2) is 7.35. The van der Waals surface area contributed by atoms with Gasteiger partial charge in [-0.1, -0.05) is 0 Å². The zero-order valence-corrected chi connectivity index (χ0v) is 12.4. The summed E-state index contributed by atoms with van der Waals surface area (Å²) in [6.07, 6.45) is 3.75. The van der Waals surface area contributed by atoms with Gasteiger partial charge in [0.15, 0.2) is 17.5 Å². The molecule has 0 aliphatic rings. The number of H-pyrrole nitrogens is 1. The molecule has 3 N–H and O–H groups in total. The summed E-state index contributed by atoms with van der Waals surface area (Å²) in [5.41, 5.74) is 2.41. The number of nitrogens with one attached hydrogen (secondary N) is 3. The number of carbonyl (C=O) groups excluding carboxylic acids is 1. The molecule has 0 fully saturated rings. The SMILES string of the molecule is COC(=O)c1ccc(NC(=S)NCc2ccc[nH+]c2)cc1. The lowest BCUT2D eigenvalue weighted by Crippen LogP contribution is -2.28. The van der Waals surface area contributed by atoms with Crippen LogP contribution in [0.25, 0.3) is 0 Å².